The fourth-order valence-electron chi connectivity index (χ4n) is 2.81. The van der Waals surface area contributed by atoms with Gasteiger partial charge in [-0.25, -0.2) is 13.1 Å². The number of nitrogens with one attached hydrogen (secondary N) is 1. The molecule has 0 spiro atoms. The molecule has 0 radical (unpaired) electrons. The van der Waals surface area contributed by atoms with Crippen LogP contribution in [0, 0.1) is 13.8 Å². The molecule has 0 aliphatic carbocycles. The first-order valence-corrected chi connectivity index (χ1v) is 9.63. The van der Waals surface area contributed by atoms with Gasteiger partial charge < -0.3 is 4.74 Å². The lowest BCUT2D eigenvalue weighted by molar-refractivity contribution is 0.254. The summed E-state index contributed by atoms with van der Waals surface area (Å²) >= 11 is 3.43. The smallest absolute Gasteiger partial charge is 0.240 e. The van der Waals surface area contributed by atoms with Gasteiger partial charge in [-0.15, -0.1) is 0 Å². The van der Waals surface area contributed by atoms with Crippen molar-refractivity contribution < 1.29 is 13.2 Å². The Hall–Kier alpha value is -1.37. The summed E-state index contributed by atoms with van der Waals surface area (Å²) in [6, 6.07) is 10.8. The molecule has 1 aliphatic heterocycles. The number of sulfonamides is 1. The number of halogens is 1. The van der Waals surface area contributed by atoms with E-state index in [2.05, 4.69) is 20.7 Å². The first-order chi connectivity index (χ1) is 10.8. The number of hydrogen-bond donors (Lipinski definition) is 1. The van der Waals surface area contributed by atoms with Gasteiger partial charge in [-0.2, -0.15) is 0 Å². The third-order valence-electron chi connectivity index (χ3n) is 3.76. The zero-order valence-electron chi connectivity index (χ0n) is 13.0. The second-order valence-corrected chi connectivity index (χ2v) is 8.54. The second kappa shape index (κ2) is 6.26. The Kier molecular flexibility index (Phi) is 4.49. The molecule has 1 N–H and O–H groups in total. The van der Waals surface area contributed by atoms with Crippen LogP contribution in [0.5, 0.6) is 5.75 Å². The van der Waals surface area contributed by atoms with Gasteiger partial charge in [0.1, 0.15) is 12.4 Å². The van der Waals surface area contributed by atoms with E-state index in [0.29, 0.717) is 17.9 Å². The lowest BCUT2D eigenvalue weighted by Gasteiger charge is -2.26. The van der Waals surface area contributed by atoms with Crippen LogP contribution in [0.1, 0.15) is 16.7 Å². The zero-order chi connectivity index (χ0) is 16.6. The molecule has 0 amide bonds. The van der Waals surface area contributed by atoms with Crippen LogP contribution >= 0.6 is 15.9 Å². The third kappa shape index (κ3) is 3.76. The van der Waals surface area contributed by atoms with Crippen LogP contribution in [0.2, 0.25) is 0 Å². The number of fused-ring (bicyclic) bond motifs is 1. The summed E-state index contributed by atoms with van der Waals surface area (Å²) in [5.41, 5.74) is 2.86. The maximum atomic E-state index is 12.6. The standard InChI is InChI=1S/C17H18BrNO3S/c1-11-5-12(2)7-16(6-11)23(20,21)19-15-9-13-8-14(18)3-4-17(13)22-10-15/h3-8,15,19H,9-10H2,1-2H3/t15-/m0/s1. The Labute approximate surface area is 145 Å². The van der Waals surface area contributed by atoms with Crippen LogP contribution in [0.3, 0.4) is 0 Å². The molecule has 2 aromatic carbocycles. The van der Waals surface area contributed by atoms with E-state index in [-0.39, 0.29) is 6.04 Å². The molecular formula is C17H18BrNO3S. The highest BCUT2D eigenvalue weighted by Gasteiger charge is 2.25. The summed E-state index contributed by atoms with van der Waals surface area (Å²) in [6.07, 6.45) is 0.610. The summed E-state index contributed by atoms with van der Waals surface area (Å²) in [5, 5.41) is 0. The Balaban J connectivity index is 1.81. The largest absolute Gasteiger partial charge is 0.492 e. The van der Waals surface area contributed by atoms with Crippen molar-refractivity contribution in [2.24, 2.45) is 0 Å². The maximum absolute atomic E-state index is 12.6. The average Bonchev–Trinajstić information content (AvgIpc) is 2.45. The SMILES string of the molecule is Cc1cc(C)cc(S(=O)(=O)N[C@@H]2COc3ccc(Br)cc3C2)c1. The van der Waals surface area contributed by atoms with Crippen molar-refractivity contribution in [1.82, 2.24) is 4.72 Å². The van der Waals surface area contributed by atoms with Crippen LogP contribution in [-0.4, -0.2) is 21.1 Å². The van der Waals surface area contributed by atoms with E-state index in [4.69, 9.17) is 4.74 Å². The Morgan fingerprint density at radius 1 is 1.13 bits per heavy atom. The highest BCUT2D eigenvalue weighted by molar-refractivity contribution is 9.10. The Morgan fingerprint density at radius 2 is 1.83 bits per heavy atom. The molecule has 122 valence electrons. The van der Waals surface area contributed by atoms with Crippen LogP contribution in [0.4, 0.5) is 0 Å². The van der Waals surface area contributed by atoms with E-state index >= 15 is 0 Å². The molecule has 0 unspecified atom stereocenters. The fourth-order valence-corrected chi connectivity index (χ4v) is 4.63. The highest BCUT2D eigenvalue weighted by atomic mass is 79.9. The molecule has 0 aromatic heterocycles. The summed E-state index contributed by atoms with van der Waals surface area (Å²) in [4.78, 5) is 0.301. The van der Waals surface area contributed by atoms with Crippen molar-refractivity contribution in [1.29, 1.82) is 0 Å². The van der Waals surface area contributed by atoms with Gasteiger partial charge in [0.05, 0.1) is 10.9 Å². The van der Waals surface area contributed by atoms with Crippen molar-refractivity contribution in [3.63, 3.8) is 0 Å². The Bertz CT molecular complexity index is 829. The minimum absolute atomic E-state index is 0.275. The van der Waals surface area contributed by atoms with E-state index in [1.54, 1.807) is 12.1 Å². The van der Waals surface area contributed by atoms with Gasteiger partial charge in [-0.1, -0.05) is 22.0 Å². The van der Waals surface area contributed by atoms with Crippen molar-refractivity contribution in [3.05, 3.63) is 57.6 Å². The Morgan fingerprint density at radius 3 is 2.52 bits per heavy atom. The van der Waals surface area contributed by atoms with Gasteiger partial charge >= 0.3 is 0 Å². The molecule has 23 heavy (non-hydrogen) atoms. The normalized spacial score (nSPS) is 17.4. The van der Waals surface area contributed by atoms with E-state index in [1.165, 1.54) is 0 Å². The molecule has 0 saturated carbocycles. The molecule has 1 aliphatic rings. The molecule has 3 rings (SSSR count). The monoisotopic (exact) mass is 395 g/mol. The second-order valence-electron chi connectivity index (χ2n) is 5.91. The molecule has 0 saturated heterocycles. The lowest BCUT2D eigenvalue weighted by atomic mass is 10.0. The highest BCUT2D eigenvalue weighted by Crippen LogP contribution is 2.28. The van der Waals surface area contributed by atoms with E-state index in [1.807, 2.05) is 38.1 Å². The third-order valence-corrected chi connectivity index (χ3v) is 5.75. The zero-order valence-corrected chi connectivity index (χ0v) is 15.4. The first kappa shape index (κ1) is 16.5. The molecule has 6 heteroatoms. The van der Waals surface area contributed by atoms with Gasteiger partial charge in [0, 0.05) is 4.47 Å². The maximum Gasteiger partial charge on any atom is 0.240 e. The van der Waals surface area contributed by atoms with Crippen LogP contribution < -0.4 is 9.46 Å². The summed E-state index contributed by atoms with van der Waals surface area (Å²) in [5.74, 6) is 0.815. The van der Waals surface area contributed by atoms with E-state index in [0.717, 1.165) is 26.9 Å². The minimum atomic E-state index is -3.56. The van der Waals surface area contributed by atoms with Gasteiger partial charge in [0.25, 0.3) is 0 Å². The van der Waals surface area contributed by atoms with Gasteiger partial charge in [-0.05, 0) is 67.3 Å². The number of rotatable bonds is 3. The summed E-state index contributed by atoms with van der Waals surface area (Å²) in [7, 11) is -3.56. The predicted molar refractivity (Wildman–Crippen MR) is 93.4 cm³/mol. The van der Waals surface area contributed by atoms with Crippen LogP contribution in [-0.2, 0) is 16.4 Å². The first-order valence-electron chi connectivity index (χ1n) is 7.35. The van der Waals surface area contributed by atoms with Crippen LogP contribution in [0.15, 0.2) is 45.8 Å². The minimum Gasteiger partial charge on any atom is -0.492 e. The molecule has 0 bridgehead atoms. The molecule has 0 fully saturated rings. The molecule has 4 nitrogen and oxygen atoms in total. The number of ether oxygens (including phenoxy) is 1. The molecule has 2 aromatic rings. The van der Waals surface area contributed by atoms with E-state index in [9.17, 15) is 8.42 Å². The van der Waals surface area contributed by atoms with E-state index < -0.39 is 10.0 Å². The quantitative estimate of drug-likeness (QED) is 0.866. The van der Waals surface area contributed by atoms with Crippen molar-refractivity contribution in [2.75, 3.05) is 6.61 Å². The molecular weight excluding hydrogens is 378 g/mol. The van der Waals surface area contributed by atoms with Crippen molar-refractivity contribution in [2.45, 2.75) is 31.2 Å². The number of aryl methyl sites for hydroxylation is 2. The predicted octanol–water partition coefficient (Wildman–Crippen LogP) is 3.35. The van der Waals surface area contributed by atoms with Gasteiger partial charge in [0.15, 0.2) is 0 Å². The topological polar surface area (TPSA) is 55.4 Å². The summed E-state index contributed by atoms with van der Waals surface area (Å²) < 4.78 is 34.6. The summed E-state index contributed by atoms with van der Waals surface area (Å²) in [6.45, 7) is 4.12. The fraction of sp³-hybridized carbons (Fsp3) is 0.294. The van der Waals surface area contributed by atoms with Gasteiger partial charge in [0.2, 0.25) is 10.0 Å². The lowest BCUT2D eigenvalue weighted by Crippen LogP contribution is -2.42. The van der Waals surface area contributed by atoms with Crippen molar-refractivity contribution >= 4 is 26.0 Å². The van der Waals surface area contributed by atoms with Crippen molar-refractivity contribution in [3.8, 4) is 5.75 Å². The average molecular weight is 396 g/mol. The number of benzene rings is 2. The molecule has 1 atom stereocenters. The van der Waals surface area contributed by atoms with Crippen LogP contribution in [0.25, 0.3) is 0 Å². The molecule has 1 heterocycles. The van der Waals surface area contributed by atoms with Gasteiger partial charge in [-0.3, -0.25) is 0 Å². The number of hydrogen-bond acceptors (Lipinski definition) is 3.